The van der Waals surface area contributed by atoms with Gasteiger partial charge in [0.25, 0.3) is 0 Å². The molecule has 20 heavy (non-hydrogen) atoms. The third-order valence-corrected chi connectivity index (χ3v) is 4.44. The number of benzene rings is 2. The number of hydrogen-bond acceptors (Lipinski definition) is 1. The van der Waals surface area contributed by atoms with E-state index in [0.717, 1.165) is 26.0 Å². The second kappa shape index (κ2) is 4.86. The normalized spacial score (nSPS) is 11.2. The number of aryl methyl sites for hydroxylation is 3. The number of hydrogen-bond donors (Lipinski definition) is 1. The monoisotopic (exact) mass is 346 g/mol. The lowest BCUT2D eigenvalue weighted by Gasteiger charge is -2.12. The summed E-state index contributed by atoms with van der Waals surface area (Å²) in [7, 11) is 0. The van der Waals surface area contributed by atoms with E-state index in [-0.39, 0.29) is 0 Å². The molecule has 0 fully saturated rings. The van der Waals surface area contributed by atoms with Crippen molar-refractivity contribution in [3.63, 3.8) is 0 Å². The van der Waals surface area contributed by atoms with Crippen molar-refractivity contribution in [3.05, 3.63) is 56.3 Å². The number of halogens is 1. The van der Waals surface area contributed by atoms with Crippen molar-refractivity contribution in [3.8, 4) is 5.69 Å². The fourth-order valence-electron chi connectivity index (χ4n) is 2.69. The summed E-state index contributed by atoms with van der Waals surface area (Å²) in [5.41, 5.74) is 6.97. The number of para-hydroxylation sites is 1. The molecule has 1 N–H and O–H groups in total. The molecule has 0 saturated heterocycles. The van der Waals surface area contributed by atoms with Gasteiger partial charge in [-0.3, -0.25) is 4.57 Å². The lowest BCUT2D eigenvalue weighted by atomic mass is 10.1. The van der Waals surface area contributed by atoms with E-state index in [0.29, 0.717) is 0 Å². The molecule has 0 radical (unpaired) electrons. The Kier molecular flexibility index (Phi) is 3.30. The van der Waals surface area contributed by atoms with Crippen LogP contribution >= 0.6 is 28.1 Å². The summed E-state index contributed by atoms with van der Waals surface area (Å²) < 4.78 is 3.90. The average Bonchev–Trinajstić information content (AvgIpc) is 2.67. The second-order valence-electron chi connectivity index (χ2n) is 5.15. The molecule has 0 aliphatic rings. The number of nitrogens with one attached hydrogen (secondary N) is 1. The molecule has 0 spiro atoms. The number of H-pyrrole nitrogens is 1. The van der Waals surface area contributed by atoms with Crippen molar-refractivity contribution in [2.45, 2.75) is 20.8 Å². The van der Waals surface area contributed by atoms with E-state index in [1.54, 1.807) is 0 Å². The molecular formula is C16H15BrN2S. The minimum atomic E-state index is 0.724. The lowest BCUT2D eigenvalue weighted by molar-refractivity contribution is 1.04. The van der Waals surface area contributed by atoms with Crippen molar-refractivity contribution in [1.82, 2.24) is 9.55 Å². The zero-order chi connectivity index (χ0) is 14.4. The van der Waals surface area contributed by atoms with Crippen LogP contribution in [0.2, 0.25) is 0 Å². The minimum absolute atomic E-state index is 0.724. The van der Waals surface area contributed by atoms with Crippen LogP contribution in [-0.4, -0.2) is 9.55 Å². The fraction of sp³-hybridized carbons (Fsp3) is 0.188. The molecule has 2 aromatic carbocycles. The number of imidazole rings is 1. The third kappa shape index (κ3) is 2.03. The van der Waals surface area contributed by atoms with Gasteiger partial charge in [0.1, 0.15) is 0 Å². The van der Waals surface area contributed by atoms with Crippen LogP contribution < -0.4 is 0 Å². The summed E-state index contributed by atoms with van der Waals surface area (Å²) in [6.45, 7) is 6.30. The Morgan fingerprint density at radius 2 is 1.85 bits per heavy atom. The van der Waals surface area contributed by atoms with Gasteiger partial charge in [0.05, 0.1) is 16.7 Å². The molecule has 3 aromatic rings. The van der Waals surface area contributed by atoms with E-state index < -0.39 is 0 Å². The number of aromatic nitrogens is 2. The molecule has 0 atom stereocenters. The molecule has 0 bridgehead atoms. The zero-order valence-electron chi connectivity index (χ0n) is 11.6. The standard InChI is InChI=1S/C16H15BrN2S/c1-9-7-11(3)15(12(17)8-9)19-13-6-4-5-10(2)14(13)18-16(19)20/h4-8H,1-3H3,(H,18,20). The average molecular weight is 347 g/mol. The van der Waals surface area contributed by atoms with Crippen LogP contribution in [0.5, 0.6) is 0 Å². The minimum Gasteiger partial charge on any atom is -0.330 e. The summed E-state index contributed by atoms with van der Waals surface area (Å²) >= 11 is 9.21. The van der Waals surface area contributed by atoms with Crippen LogP contribution in [0, 0.1) is 25.5 Å². The number of rotatable bonds is 1. The van der Waals surface area contributed by atoms with E-state index in [9.17, 15) is 0 Å². The van der Waals surface area contributed by atoms with Crippen LogP contribution in [0.1, 0.15) is 16.7 Å². The highest BCUT2D eigenvalue weighted by Crippen LogP contribution is 2.30. The van der Waals surface area contributed by atoms with Crippen molar-refractivity contribution in [2.75, 3.05) is 0 Å². The lowest BCUT2D eigenvalue weighted by Crippen LogP contribution is -1.99. The first-order valence-corrected chi connectivity index (χ1v) is 7.66. The van der Waals surface area contributed by atoms with Crippen molar-refractivity contribution in [2.24, 2.45) is 0 Å². The van der Waals surface area contributed by atoms with E-state index in [1.165, 1.54) is 16.7 Å². The molecular weight excluding hydrogens is 332 g/mol. The fourth-order valence-corrected chi connectivity index (χ4v) is 3.83. The summed E-state index contributed by atoms with van der Waals surface area (Å²) in [6.07, 6.45) is 0. The van der Waals surface area contributed by atoms with Gasteiger partial charge >= 0.3 is 0 Å². The van der Waals surface area contributed by atoms with Gasteiger partial charge in [-0.05, 0) is 77.7 Å². The molecule has 0 saturated carbocycles. The Hall–Kier alpha value is -1.39. The molecule has 4 heteroatoms. The van der Waals surface area contributed by atoms with Crippen LogP contribution in [0.25, 0.3) is 16.7 Å². The van der Waals surface area contributed by atoms with E-state index >= 15 is 0 Å². The van der Waals surface area contributed by atoms with E-state index in [1.807, 2.05) is 0 Å². The second-order valence-corrected chi connectivity index (χ2v) is 6.39. The molecule has 0 unspecified atom stereocenters. The smallest absolute Gasteiger partial charge is 0.182 e. The number of nitrogens with zero attached hydrogens (tertiary/aromatic N) is 1. The van der Waals surface area contributed by atoms with Crippen LogP contribution in [-0.2, 0) is 0 Å². The molecule has 2 nitrogen and oxygen atoms in total. The molecule has 102 valence electrons. The number of fused-ring (bicyclic) bond motifs is 1. The molecule has 0 aliphatic heterocycles. The summed E-state index contributed by atoms with van der Waals surface area (Å²) in [4.78, 5) is 3.32. The first-order chi connectivity index (χ1) is 9.49. The maximum absolute atomic E-state index is 5.53. The van der Waals surface area contributed by atoms with Gasteiger partial charge in [-0.25, -0.2) is 0 Å². The quantitative estimate of drug-likeness (QED) is 0.587. The van der Waals surface area contributed by atoms with Crippen LogP contribution in [0.4, 0.5) is 0 Å². The Balaban J connectivity index is 2.45. The highest BCUT2D eigenvalue weighted by atomic mass is 79.9. The molecule has 1 aromatic heterocycles. The van der Waals surface area contributed by atoms with Gasteiger partial charge < -0.3 is 4.98 Å². The van der Waals surface area contributed by atoms with Gasteiger partial charge in [-0.1, -0.05) is 18.2 Å². The first-order valence-electron chi connectivity index (χ1n) is 6.46. The molecule has 1 heterocycles. The molecule has 0 aliphatic carbocycles. The first kappa shape index (κ1) is 13.6. The maximum Gasteiger partial charge on any atom is 0.182 e. The zero-order valence-corrected chi connectivity index (χ0v) is 14.0. The van der Waals surface area contributed by atoms with Crippen molar-refractivity contribution in [1.29, 1.82) is 0 Å². The Morgan fingerprint density at radius 3 is 2.55 bits per heavy atom. The SMILES string of the molecule is Cc1cc(C)c(-n2c(=S)[nH]c3c(C)cccc32)c(Br)c1. The van der Waals surface area contributed by atoms with Crippen molar-refractivity contribution < 1.29 is 0 Å². The third-order valence-electron chi connectivity index (χ3n) is 3.55. The highest BCUT2D eigenvalue weighted by molar-refractivity contribution is 9.10. The largest absolute Gasteiger partial charge is 0.330 e. The van der Waals surface area contributed by atoms with Crippen LogP contribution in [0.15, 0.2) is 34.8 Å². The van der Waals surface area contributed by atoms with Gasteiger partial charge in [-0.2, -0.15) is 0 Å². The Bertz CT molecular complexity index is 851. The predicted molar refractivity (Wildman–Crippen MR) is 90.4 cm³/mol. The predicted octanol–water partition coefficient (Wildman–Crippen LogP) is 5.38. The topological polar surface area (TPSA) is 20.7 Å². The summed E-state index contributed by atoms with van der Waals surface area (Å²) in [6, 6.07) is 10.6. The van der Waals surface area contributed by atoms with Crippen LogP contribution in [0.3, 0.4) is 0 Å². The van der Waals surface area contributed by atoms with E-state index in [2.05, 4.69) is 76.6 Å². The van der Waals surface area contributed by atoms with Gasteiger partial charge in [0, 0.05) is 4.47 Å². The van der Waals surface area contributed by atoms with Gasteiger partial charge in [-0.15, -0.1) is 0 Å². The Morgan fingerprint density at radius 1 is 1.10 bits per heavy atom. The maximum atomic E-state index is 5.53. The highest BCUT2D eigenvalue weighted by Gasteiger charge is 2.13. The molecule has 3 rings (SSSR count). The molecule has 0 amide bonds. The van der Waals surface area contributed by atoms with E-state index in [4.69, 9.17) is 12.2 Å². The summed E-state index contributed by atoms with van der Waals surface area (Å²) in [5, 5.41) is 0. The van der Waals surface area contributed by atoms with Gasteiger partial charge in [0.2, 0.25) is 0 Å². The van der Waals surface area contributed by atoms with Crippen molar-refractivity contribution >= 4 is 39.2 Å². The van der Waals surface area contributed by atoms with Gasteiger partial charge in [0.15, 0.2) is 4.77 Å². The number of aromatic amines is 1. The Labute approximate surface area is 131 Å². The summed E-state index contributed by atoms with van der Waals surface area (Å²) in [5.74, 6) is 0.